The van der Waals surface area contributed by atoms with Crippen LogP contribution >= 0.6 is 22.7 Å². The van der Waals surface area contributed by atoms with Crippen LogP contribution in [-0.2, 0) is 11.3 Å². The summed E-state index contributed by atoms with van der Waals surface area (Å²) in [7, 11) is 1.67. The number of rotatable bonds is 4. The van der Waals surface area contributed by atoms with Crippen LogP contribution in [0.15, 0.2) is 47.5 Å². The van der Waals surface area contributed by atoms with Crippen LogP contribution in [0.2, 0.25) is 0 Å². The lowest BCUT2D eigenvalue weighted by atomic mass is 10.2. The summed E-state index contributed by atoms with van der Waals surface area (Å²) in [5.74, 6) is -0.305. The molecule has 0 bridgehead atoms. The zero-order valence-corrected chi connectivity index (χ0v) is 16.1. The second-order valence-corrected chi connectivity index (χ2v) is 7.94. The van der Waals surface area contributed by atoms with Crippen molar-refractivity contribution in [3.63, 3.8) is 0 Å². The number of nitrogens with zero attached hydrogens (tertiary/aromatic N) is 3. The van der Waals surface area contributed by atoms with E-state index in [2.05, 4.69) is 35.1 Å². The summed E-state index contributed by atoms with van der Waals surface area (Å²) < 4.78 is 9.35. The molecule has 5 nitrogen and oxygen atoms in total. The van der Waals surface area contributed by atoms with Gasteiger partial charge < -0.3 is 9.30 Å². The number of aryl methyl sites for hydroxylation is 1. The van der Waals surface area contributed by atoms with Crippen LogP contribution in [0.3, 0.4) is 0 Å². The van der Waals surface area contributed by atoms with Crippen molar-refractivity contribution in [3.8, 4) is 0 Å². The Morgan fingerprint density at radius 3 is 2.85 bits per heavy atom. The van der Waals surface area contributed by atoms with Crippen molar-refractivity contribution in [1.29, 1.82) is 0 Å². The van der Waals surface area contributed by atoms with Crippen molar-refractivity contribution in [2.75, 3.05) is 13.7 Å². The van der Waals surface area contributed by atoms with Gasteiger partial charge in [0.05, 0.1) is 27.0 Å². The number of aromatic nitrogens is 2. The minimum atomic E-state index is -0.305. The monoisotopic (exact) mass is 383 g/mol. The molecular formula is C19H17N3O2S2. The van der Waals surface area contributed by atoms with Gasteiger partial charge in [0.1, 0.15) is 0 Å². The number of carbonyl (C=O) groups excluding carboxylic acids is 1. The van der Waals surface area contributed by atoms with Gasteiger partial charge in [0.2, 0.25) is 0 Å². The van der Waals surface area contributed by atoms with E-state index in [1.807, 2.05) is 28.8 Å². The van der Waals surface area contributed by atoms with Crippen molar-refractivity contribution >= 4 is 49.0 Å². The first-order valence-corrected chi connectivity index (χ1v) is 9.82. The maximum Gasteiger partial charge on any atom is 0.308 e. The zero-order chi connectivity index (χ0) is 18.1. The molecule has 0 saturated heterocycles. The molecule has 2 aromatic carbocycles. The first-order valence-electron chi connectivity index (χ1n) is 8.19. The molecule has 0 aliphatic carbocycles. The molecule has 0 N–H and O–H groups in total. The predicted molar refractivity (Wildman–Crippen MR) is 106 cm³/mol. The van der Waals surface area contributed by atoms with Gasteiger partial charge in [-0.15, -0.1) is 11.3 Å². The number of carbonyl (C=O) groups is 1. The van der Waals surface area contributed by atoms with Gasteiger partial charge in [-0.25, -0.2) is 4.98 Å². The molecule has 2 aromatic heterocycles. The van der Waals surface area contributed by atoms with Gasteiger partial charge in [-0.3, -0.25) is 4.79 Å². The molecule has 26 heavy (non-hydrogen) atoms. The van der Waals surface area contributed by atoms with Crippen molar-refractivity contribution in [1.82, 2.24) is 9.55 Å². The molecule has 0 aliphatic rings. The van der Waals surface area contributed by atoms with Crippen molar-refractivity contribution in [2.45, 2.75) is 13.5 Å². The molecule has 4 aromatic rings. The molecule has 0 aliphatic heterocycles. The minimum absolute atomic E-state index is 0.305. The predicted octanol–water partition coefficient (Wildman–Crippen LogP) is 4.01. The van der Waals surface area contributed by atoms with E-state index >= 15 is 0 Å². The van der Waals surface area contributed by atoms with Crippen molar-refractivity contribution in [3.05, 3.63) is 57.8 Å². The fourth-order valence-corrected chi connectivity index (χ4v) is 4.77. The third-order valence-corrected chi connectivity index (χ3v) is 6.10. The third-order valence-electron chi connectivity index (χ3n) is 4.03. The van der Waals surface area contributed by atoms with Gasteiger partial charge in [-0.05, 0) is 36.8 Å². The molecule has 0 saturated carbocycles. The number of thiazole rings is 2. The maximum atomic E-state index is 12.7. The highest BCUT2D eigenvalue weighted by molar-refractivity contribution is 7.20. The molecule has 4 rings (SSSR count). The Morgan fingerprint density at radius 1 is 1.19 bits per heavy atom. The number of methoxy groups -OCH3 is 1. The number of benzene rings is 2. The highest BCUT2D eigenvalue weighted by atomic mass is 32.1. The summed E-state index contributed by atoms with van der Waals surface area (Å²) >= 11 is 2.89. The summed E-state index contributed by atoms with van der Waals surface area (Å²) in [5.41, 5.74) is 3.07. The van der Waals surface area contributed by atoms with Gasteiger partial charge in [0, 0.05) is 13.7 Å². The van der Waals surface area contributed by atoms with E-state index in [4.69, 9.17) is 4.74 Å². The maximum absolute atomic E-state index is 12.7. The highest BCUT2D eigenvalue weighted by Crippen LogP contribution is 2.23. The largest absolute Gasteiger partial charge is 0.383 e. The lowest BCUT2D eigenvalue weighted by molar-refractivity contribution is 0.0997. The smallest absolute Gasteiger partial charge is 0.308 e. The Kier molecular flexibility index (Phi) is 4.67. The lowest BCUT2D eigenvalue weighted by Gasteiger charge is -2.04. The Labute approximate surface area is 158 Å². The second kappa shape index (κ2) is 7.11. The molecule has 0 spiro atoms. The SMILES string of the molecule is COCCn1c(=NC(=O)c2nc3ccccc3s2)sc2cc(C)ccc21. The van der Waals surface area contributed by atoms with E-state index in [1.54, 1.807) is 7.11 Å². The van der Waals surface area contributed by atoms with E-state index in [9.17, 15) is 4.79 Å². The van der Waals surface area contributed by atoms with Crippen LogP contribution in [0.25, 0.3) is 20.4 Å². The van der Waals surface area contributed by atoms with Crippen molar-refractivity contribution < 1.29 is 9.53 Å². The second-order valence-electron chi connectivity index (χ2n) is 5.90. The van der Waals surface area contributed by atoms with Crippen LogP contribution in [0, 0.1) is 6.92 Å². The summed E-state index contributed by atoms with van der Waals surface area (Å²) in [6.45, 7) is 3.26. The third kappa shape index (κ3) is 3.21. The Morgan fingerprint density at radius 2 is 2.04 bits per heavy atom. The summed E-state index contributed by atoms with van der Waals surface area (Å²) in [6, 6.07) is 14.0. The molecule has 0 radical (unpaired) electrons. The molecule has 132 valence electrons. The quantitative estimate of drug-likeness (QED) is 0.535. The van der Waals surface area contributed by atoms with Crippen LogP contribution in [-0.4, -0.2) is 29.2 Å². The number of hydrogen-bond donors (Lipinski definition) is 0. The van der Waals surface area contributed by atoms with E-state index in [0.29, 0.717) is 23.0 Å². The Balaban J connectivity index is 1.81. The van der Waals surface area contributed by atoms with Crippen LogP contribution in [0.5, 0.6) is 0 Å². The topological polar surface area (TPSA) is 56.5 Å². The minimum Gasteiger partial charge on any atom is -0.383 e. The van der Waals surface area contributed by atoms with E-state index < -0.39 is 0 Å². The zero-order valence-electron chi connectivity index (χ0n) is 14.4. The van der Waals surface area contributed by atoms with Gasteiger partial charge in [0.25, 0.3) is 0 Å². The number of hydrogen-bond acceptors (Lipinski definition) is 5. The molecule has 0 atom stereocenters. The van der Waals surface area contributed by atoms with Crippen LogP contribution < -0.4 is 4.80 Å². The molecule has 0 unspecified atom stereocenters. The lowest BCUT2D eigenvalue weighted by Crippen LogP contribution is -2.19. The van der Waals surface area contributed by atoms with Gasteiger partial charge in [0.15, 0.2) is 9.81 Å². The summed E-state index contributed by atoms with van der Waals surface area (Å²) in [5, 5.41) is 0.415. The summed E-state index contributed by atoms with van der Waals surface area (Å²) in [6.07, 6.45) is 0. The summed E-state index contributed by atoms with van der Waals surface area (Å²) in [4.78, 5) is 22.2. The van der Waals surface area contributed by atoms with Crippen LogP contribution in [0.4, 0.5) is 0 Å². The van der Waals surface area contributed by atoms with Gasteiger partial charge in [-0.2, -0.15) is 4.99 Å². The molecule has 2 heterocycles. The molecule has 7 heteroatoms. The van der Waals surface area contributed by atoms with Crippen LogP contribution in [0.1, 0.15) is 15.4 Å². The van der Waals surface area contributed by atoms with Gasteiger partial charge >= 0.3 is 5.91 Å². The molecule has 1 amide bonds. The van der Waals surface area contributed by atoms with E-state index in [0.717, 1.165) is 20.4 Å². The first kappa shape index (κ1) is 17.1. The average molecular weight is 383 g/mol. The van der Waals surface area contributed by atoms with Gasteiger partial charge in [-0.1, -0.05) is 29.5 Å². The fraction of sp³-hybridized carbons (Fsp3) is 0.211. The number of amides is 1. The fourth-order valence-electron chi connectivity index (χ4n) is 2.76. The Bertz CT molecular complexity index is 1140. The standard InChI is InChI=1S/C19H17N3O2S2/c1-12-7-8-14-16(11-12)26-19(22(14)9-10-24-2)21-17(23)18-20-13-5-3-4-6-15(13)25-18/h3-8,11H,9-10H2,1-2H3. The average Bonchev–Trinajstić information content (AvgIpc) is 3.20. The number of para-hydroxylation sites is 1. The van der Waals surface area contributed by atoms with E-state index in [1.165, 1.54) is 28.2 Å². The number of ether oxygens (including phenoxy) is 1. The molecule has 0 fully saturated rings. The molecular weight excluding hydrogens is 366 g/mol. The van der Waals surface area contributed by atoms with E-state index in [-0.39, 0.29) is 5.91 Å². The normalized spacial score (nSPS) is 12.3. The number of fused-ring (bicyclic) bond motifs is 2. The Hall–Kier alpha value is -2.35. The van der Waals surface area contributed by atoms with Crippen molar-refractivity contribution in [2.24, 2.45) is 4.99 Å². The first-order chi connectivity index (χ1) is 12.7. The highest BCUT2D eigenvalue weighted by Gasteiger charge is 2.13.